The number of carbonyl (C=O) groups excluding carboxylic acids is 1. The number of nitrogens with zero attached hydrogens (tertiary/aromatic N) is 5. The summed E-state index contributed by atoms with van der Waals surface area (Å²) >= 11 is 0. The van der Waals surface area contributed by atoms with Gasteiger partial charge in [0.1, 0.15) is 12.2 Å². The second kappa shape index (κ2) is 6.10. The third-order valence-corrected chi connectivity index (χ3v) is 3.03. The molecule has 3 aromatic heterocycles. The highest BCUT2D eigenvalue weighted by molar-refractivity contribution is 5.95. The molecule has 1 amide bonds. The van der Waals surface area contributed by atoms with E-state index < -0.39 is 23.3 Å². The van der Waals surface area contributed by atoms with Crippen molar-refractivity contribution in [1.82, 2.24) is 35.3 Å². The maximum absolute atomic E-state index is 13.4. The quantitative estimate of drug-likeness (QED) is 0.748. The molecule has 0 saturated carbocycles. The van der Waals surface area contributed by atoms with Crippen molar-refractivity contribution in [1.29, 1.82) is 0 Å². The zero-order chi connectivity index (χ0) is 17.2. The van der Waals surface area contributed by atoms with Crippen LogP contribution in [0.5, 0.6) is 0 Å². The average molecular weight is 337 g/mol. The van der Waals surface area contributed by atoms with Gasteiger partial charge in [0, 0.05) is 6.20 Å². The Bertz CT molecular complexity index is 827. The molecule has 0 bridgehead atoms. The molecule has 0 aromatic carbocycles. The standard InChI is InChI=1S/C13H10F3N7O/c14-13(15,16)11-8(12(24)18-6-9-19-7-20-22-9)5-21-23(11)10-3-1-2-4-17-10/h1-5,7H,6H2,(H,18,24)(H,19,20,22). The van der Waals surface area contributed by atoms with Crippen LogP contribution in [-0.4, -0.2) is 35.9 Å². The van der Waals surface area contributed by atoms with E-state index in [-0.39, 0.29) is 12.4 Å². The van der Waals surface area contributed by atoms with Crippen molar-refractivity contribution in [2.24, 2.45) is 0 Å². The van der Waals surface area contributed by atoms with Crippen LogP contribution in [0.25, 0.3) is 5.82 Å². The second-order valence-corrected chi connectivity index (χ2v) is 4.62. The average Bonchev–Trinajstić information content (AvgIpc) is 3.22. The Morgan fingerprint density at radius 2 is 2.12 bits per heavy atom. The normalized spacial score (nSPS) is 11.5. The first-order chi connectivity index (χ1) is 11.5. The lowest BCUT2D eigenvalue weighted by atomic mass is 10.2. The summed E-state index contributed by atoms with van der Waals surface area (Å²) in [5.74, 6) is -0.658. The molecular weight excluding hydrogens is 327 g/mol. The minimum atomic E-state index is -4.78. The van der Waals surface area contributed by atoms with Crippen LogP contribution in [0, 0.1) is 0 Å². The molecule has 3 aromatic rings. The zero-order valence-electron chi connectivity index (χ0n) is 11.9. The zero-order valence-corrected chi connectivity index (χ0v) is 11.9. The lowest BCUT2D eigenvalue weighted by molar-refractivity contribution is -0.143. The number of amides is 1. The lowest BCUT2D eigenvalue weighted by Gasteiger charge is -2.12. The molecule has 0 aliphatic rings. The summed E-state index contributed by atoms with van der Waals surface area (Å²) in [5, 5.41) is 12.1. The van der Waals surface area contributed by atoms with E-state index in [0.717, 1.165) is 6.20 Å². The second-order valence-electron chi connectivity index (χ2n) is 4.62. The fourth-order valence-electron chi connectivity index (χ4n) is 2.02. The van der Waals surface area contributed by atoms with Crippen LogP contribution in [-0.2, 0) is 12.7 Å². The maximum atomic E-state index is 13.4. The van der Waals surface area contributed by atoms with Crippen LogP contribution in [0.3, 0.4) is 0 Å². The number of nitrogens with one attached hydrogen (secondary N) is 2. The van der Waals surface area contributed by atoms with Gasteiger partial charge < -0.3 is 5.32 Å². The number of H-pyrrole nitrogens is 1. The van der Waals surface area contributed by atoms with Gasteiger partial charge in [0.25, 0.3) is 5.91 Å². The molecule has 0 spiro atoms. The Balaban J connectivity index is 1.93. The molecule has 3 heterocycles. The molecule has 0 aliphatic carbocycles. The van der Waals surface area contributed by atoms with E-state index in [1.54, 1.807) is 6.07 Å². The van der Waals surface area contributed by atoms with Crippen LogP contribution in [0.2, 0.25) is 0 Å². The Morgan fingerprint density at radius 1 is 1.29 bits per heavy atom. The Kier molecular flexibility index (Phi) is 3.98. The molecule has 0 radical (unpaired) electrons. The highest BCUT2D eigenvalue weighted by Gasteiger charge is 2.40. The Morgan fingerprint density at radius 3 is 2.75 bits per heavy atom. The molecule has 0 fully saturated rings. The van der Waals surface area contributed by atoms with Gasteiger partial charge in [-0.05, 0) is 12.1 Å². The third kappa shape index (κ3) is 3.09. The van der Waals surface area contributed by atoms with Crippen LogP contribution < -0.4 is 5.32 Å². The first-order valence-electron chi connectivity index (χ1n) is 6.66. The van der Waals surface area contributed by atoms with Crippen molar-refractivity contribution < 1.29 is 18.0 Å². The number of halogens is 3. The van der Waals surface area contributed by atoms with Gasteiger partial charge in [0.2, 0.25) is 0 Å². The lowest BCUT2D eigenvalue weighted by Crippen LogP contribution is -2.26. The SMILES string of the molecule is O=C(NCc1ncn[nH]1)c1cnn(-c2ccccn2)c1C(F)(F)F. The molecule has 0 saturated heterocycles. The molecule has 124 valence electrons. The van der Waals surface area contributed by atoms with E-state index >= 15 is 0 Å². The van der Waals surface area contributed by atoms with Crippen molar-refractivity contribution in [3.63, 3.8) is 0 Å². The van der Waals surface area contributed by atoms with Crippen LogP contribution in [0.4, 0.5) is 13.2 Å². The van der Waals surface area contributed by atoms with Gasteiger partial charge in [-0.25, -0.2) is 14.6 Å². The minimum Gasteiger partial charge on any atom is -0.345 e. The first-order valence-corrected chi connectivity index (χ1v) is 6.66. The Labute approximate surface area is 132 Å². The predicted octanol–water partition coefficient (Wildman–Crippen LogP) is 1.33. The summed E-state index contributed by atoms with van der Waals surface area (Å²) in [7, 11) is 0. The van der Waals surface area contributed by atoms with Gasteiger partial charge in [-0.15, -0.1) is 0 Å². The van der Waals surface area contributed by atoms with Gasteiger partial charge >= 0.3 is 6.18 Å². The number of rotatable bonds is 4. The van der Waals surface area contributed by atoms with Crippen molar-refractivity contribution in [2.45, 2.75) is 12.7 Å². The van der Waals surface area contributed by atoms with E-state index in [4.69, 9.17) is 0 Å². The first kappa shape index (κ1) is 15.6. The molecule has 0 aliphatic heterocycles. The summed E-state index contributed by atoms with van der Waals surface area (Å²) in [6.45, 7) is -0.0924. The van der Waals surface area contributed by atoms with Crippen LogP contribution in [0.15, 0.2) is 36.9 Å². The van der Waals surface area contributed by atoms with Crippen LogP contribution in [0.1, 0.15) is 21.9 Å². The van der Waals surface area contributed by atoms with Crippen molar-refractivity contribution in [2.75, 3.05) is 0 Å². The van der Waals surface area contributed by atoms with Gasteiger partial charge in [0.15, 0.2) is 11.5 Å². The van der Waals surface area contributed by atoms with Gasteiger partial charge in [-0.3, -0.25) is 9.89 Å². The fourth-order valence-corrected chi connectivity index (χ4v) is 2.02. The summed E-state index contributed by atoms with van der Waals surface area (Å²) < 4.78 is 40.8. The number of pyridine rings is 1. The van der Waals surface area contributed by atoms with E-state index in [9.17, 15) is 18.0 Å². The summed E-state index contributed by atoms with van der Waals surface area (Å²) in [6, 6.07) is 4.44. The van der Waals surface area contributed by atoms with Crippen LogP contribution >= 0.6 is 0 Å². The number of alkyl halides is 3. The smallest absolute Gasteiger partial charge is 0.345 e. The minimum absolute atomic E-state index is 0.0425. The van der Waals surface area contributed by atoms with Crippen molar-refractivity contribution in [3.8, 4) is 5.82 Å². The third-order valence-electron chi connectivity index (χ3n) is 3.03. The highest BCUT2D eigenvalue weighted by Crippen LogP contribution is 2.33. The summed E-state index contributed by atoms with van der Waals surface area (Å²) in [5.41, 5.74) is -1.80. The van der Waals surface area contributed by atoms with E-state index in [1.807, 2.05) is 0 Å². The highest BCUT2D eigenvalue weighted by atomic mass is 19.4. The maximum Gasteiger partial charge on any atom is 0.434 e. The number of aromatic nitrogens is 6. The Hall–Kier alpha value is -3.24. The molecule has 0 unspecified atom stereocenters. The molecule has 2 N–H and O–H groups in total. The molecule has 0 atom stereocenters. The number of carbonyl (C=O) groups is 1. The number of hydrogen-bond acceptors (Lipinski definition) is 5. The summed E-state index contributed by atoms with van der Waals surface area (Å²) in [4.78, 5) is 19.7. The predicted molar refractivity (Wildman–Crippen MR) is 73.9 cm³/mol. The molecular formula is C13H10F3N7O. The van der Waals surface area contributed by atoms with Crippen molar-refractivity contribution >= 4 is 5.91 Å². The largest absolute Gasteiger partial charge is 0.434 e. The monoisotopic (exact) mass is 337 g/mol. The molecule has 8 nitrogen and oxygen atoms in total. The van der Waals surface area contributed by atoms with E-state index in [1.165, 1.54) is 24.7 Å². The summed E-state index contributed by atoms with van der Waals surface area (Å²) in [6.07, 6.45) is -1.37. The molecule has 24 heavy (non-hydrogen) atoms. The number of aromatic amines is 1. The van der Waals surface area contributed by atoms with Crippen molar-refractivity contribution in [3.05, 3.63) is 54.0 Å². The van der Waals surface area contributed by atoms with Gasteiger partial charge in [-0.2, -0.15) is 23.4 Å². The van der Waals surface area contributed by atoms with Gasteiger partial charge in [0.05, 0.1) is 18.3 Å². The topological polar surface area (TPSA) is 101 Å². The molecule has 3 rings (SSSR count). The van der Waals surface area contributed by atoms with E-state index in [0.29, 0.717) is 10.5 Å². The fraction of sp³-hybridized carbons (Fsp3) is 0.154. The molecule has 11 heteroatoms. The number of hydrogen-bond donors (Lipinski definition) is 2. The van der Waals surface area contributed by atoms with Gasteiger partial charge in [-0.1, -0.05) is 6.07 Å². The van der Waals surface area contributed by atoms with E-state index in [2.05, 4.69) is 30.6 Å².